The minimum atomic E-state index is -0.148. The first kappa shape index (κ1) is 12.7. The highest BCUT2D eigenvalue weighted by molar-refractivity contribution is 5.91. The number of pyridine rings is 1. The Bertz CT molecular complexity index is 580. The molecule has 1 saturated heterocycles. The van der Waals surface area contributed by atoms with Crippen molar-refractivity contribution < 1.29 is 14.1 Å². The van der Waals surface area contributed by atoms with Gasteiger partial charge in [0.15, 0.2) is 0 Å². The van der Waals surface area contributed by atoms with Gasteiger partial charge in [0.05, 0.1) is 12.7 Å². The molecule has 0 aliphatic carbocycles. The van der Waals surface area contributed by atoms with E-state index in [1.807, 2.05) is 19.1 Å². The summed E-state index contributed by atoms with van der Waals surface area (Å²) in [6.07, 6.45) is 3.99. The summed E-state index contributed by atoms with van der Waals surface area (Å²) in [5, 5.41) is 3.55. The van der Waals surface area contributed by atoms with E-state index in [4.69, 9.17) is 9.26 Å². The van der Waals surface area contributed by atoms with Crippen molar-refractivity contribution in [2.45, 2.75) is 19.4 Å². The number of carbonyl (C=O) groups excluding carboxylic acids is 1. The zero-order chi connectivity index (χ0) is 13.9. The molecule has 1 fully saturated rings. The van der Waals surface area contributed by atoms with E-state index in [0.29, 0.717) is 19.0 Å². The maximum atomic E-state index is 12.1. The highest BCUT2D eigenvalue weighted by Crippen LogP contribution is 2.18. The predicted molar refractivity (Wildman–Crippen MR) is 70.4 cm³/mol. The third-order valence-corrected chi connectivity index (χ3v) is 3.25. The van der Waals surface area contributed by atoms with Crippen molar-refractivity contribution in [2.24, 2.45) is 0 Å². The number of nitrogens with zero attached hydrogens (tertiary/aromatic N) is 3. The lowest BCUT2D eigenvalue weighted by atomic mass is 10.3. The molecule has 104 valence electrons. The Kier molecular flexibility index (Phi) is 3.37. The Hall–Kier alpha value is -2.37. The molecule has 2 aromatic rings. The van der Waals surface area contributed by atoms with Gasteiger partial charge in [-0.1, -0.05) is 11.2 Å². The number of ether oxygens (including phenoxy) is 1. The van der Waals surface area contributed by atoms with Crippen molar-refractivity contribution in [1.29, 1.82) is 0 Å². The molecule has 0 saturated carbocycles. The Balaban J connectivity index is 1.59. The van der Waals surface area contributed by atoms with Crippen LogP contribution in [0.15, 0.2) is 35.1 Å². The molecule has 0 aromatic carbocycles. The summed E-state index contributed by atoms with van der Waals surface area (Å²) in [5.74, 6) is 0.708. The zero-order valence-corrected chi connectivity index (χ0v) is 11.2. The van der Waals surface area contributed by atoms with Crippen LogP contribution < -0.4 is 4.74 Å². The van der Waals surface area contributed by atoms with E-state index < -0.39 is 0 Å². The largest absolute Gasteiger partial charge is 0.472 e. The Labute approximate surface area is 116 Å². The second-order valence-corrected chi connectivity index (χ2v) is 4.83. The van der Waals surface area contributed by atoms with Crippen LogP contribution in [-0.4, -0.2) is 40.1 Å². The average Bonchev–Trinajstić information content (AvgIpc) is 3.12. The molecule has 0 spiro atoms. The third-order valence-electron chi connectivity index (χ3n) is 3.25. The molecule has 1 aliphatic rings. The van der Waals surface area contributed by atoms with Gasteiger partial charge in [0.25, 0.3) is 5.91 Å². The molecule has 0 radical (unpaired) electrons. The van der Waals surface area contributed by atoms with E-state index in [9.17, 15) is 4.79 Å². The van der Waals surface area contributed by atoms with Gasteiger partial charge in [0.2, 0.25) is 11.6 Å². The lowest BCUT2D eigenvalue weighted by Gasteiger charge is -2.15. The normalized spacial score (nSPS) is 18.2. The summed E-state index contributed by atoms with van der Waals surface area (Å²) in [6.45, 7) is 3.16. The molecule has 3 heterocycles. The molecule has 1 amide bonds. The minimum absolute atomic E-state index is 0.0305. The number of aryl methyl sites for hydroxylation is 1. The molecule has 0 bridgehead atoms. The number of hydrogen-bond donors (Lipinski definition) is 0. The van der Waals surface area contributed by atoms with E-state index in [-0.39, 0.29) is 17.8 Å². The molecule has 1 atom stereocenters. The molecule has 6 heteroatoms. The second kappa shape index (κ2) is 5.32. The molecule has 20 heavy (non-hydrogen) atoms. The fraction of sp³-hybridized carbons (Fsp3) is 0.357. The Morgan fingerprint density at radius 1 is 1.45 bits per heavy atom. The molecule has 1 aliphatic heterocycles. The van der Waals surface area contributed by atoms with Crippen LogP contribution in [0.1, 0.15) is 22.5 Å². The highest BCUT2D eigenvalue weighted by Gasteiger charge is 2.29. The van der Waals surface area contributed by atoms with E-state index in [1.165, 1.54) is 6.20 Å². The van der Waals surface area contributed by atoms with Gasteiger partial charge in [-0.3, -0.25) is 4.79 Å². The Morgan fingerprint density at radius 2 is 2.35 bits per heavy atom. The van der Waals surface area contributed by atoms with Gasteiger partial charge in [-0.25, -0.2) is 4.98 Å². The van der Waals surface area contributed by atoms with E-state index in [1.54, 1.807) is 17.2 Å². The topological polar surface area (TPSA) is 68.5 Å². The number of hydrogen-bond acceptors (Lipinski definition) is 5. The van der Waals surface area contributed by atoms with Crippen LogP contribution in [0.2, 0.25) is 0 Å². The lowest BCUT2D eigenvalue weighted by molar-refractivity contribution is 0.0730. The van der Waals surface area contributed by atoms with Crippen LogP contribution in [-0.2, 0) is 0 Å². The fourth-order valence-corrected chi connectivity index (χ4v) is 2.19. The number of aromatic nitrogens is 2. The van der Waals surface area contributed by atoms with Crippen molar-refractivity contribution >= 4 is 5.91 Å². The Morgan fingerprint density at radius 3 is 3.05 bits per heavy atom. The average molecular weight is 273 g/mol. The summed E-state index contributed by atoms with van der Waals surface area (Å²) in [4.78, 5) is 18.0. The number of rotatable bonds is 3. The zero-order valence-electron chi connectivity index (χ0n) is 11.2. The molecule has 3 rings (SSSR count). The van der Waals surface area contributed by atoms with Crippen molar-refractivity contribution in [3.05, 3.63) is 41.9 Å². The minimum Gasteiger partial charge on any atom is -0.472 e. The van der Waals surface area contributed by atoms with Crippen molar-refractivity contribution in [1.82, 2.24) is 15.0 Å². The molecular weight excluding hydrogens is 258 g/mol. The van der Waals surface area contributed by atoms with E-state index in [0.717, 1.165) is 12.0 Å². The first-order chi connectivity index (χ1) is 9.72. The molecule has 0 N–H and O–H groups in total. The van der Waals surface area contributed by atoms with Gasteiger partial charge >= 0.3 is 0 Å². The van der Waals surface area contributed by atoms with Gasteiger partial charge in [-0.15, -0.1) is 0 Å². The summed E-state index contributed by atoms with van der Waals surface area (Å²) < 4.78 is 10.7. The summed E-state index contributed by atoms with van der Waals surface area (Å²) in [7, 11) is 0. The first-order valence-corrected chi connectivity index (χ1v) is 6.51. The maximum Gasteiger partial charge on any atom is 0.292 e. The number of amides is 1. The lowest BCUT2D eigenvalue weighted by Crippen LogP contribution is -2.30. The van der Waals surface area contributed by atoms with Crippen molar-refractivity contribution in [2.75, 3.05) is 13.1 Å². The standard InChI is InChI=1S/C14H15N3O3/c1-10-2-3-13(15-8-10)19-11-5-7-17(9-11)14(18)12-4-6-16-20-12/h2-4,6,8,11H,5,7,9H2,1H3. The predicted octanol–water partition coefficient (Wildman–Crippen LogP) is 1.67. The van der Waals surface area contributed by atoms with E-state index >= 15 is 0 Å². The highest BCUT2D eigenvalue weighted by atomic mass is 16.5. The van der Waals surface area contributed by atoms with Crippen LogP contribution in [0.4, 0.5) is 0 Å². The number of carbonyl (C=O) groups is 1. The van der Waals surface area contributed by atoms with Gasteiger partial charge < -0.3 is 14.2 Å². The third kappa shape index (κ3) is 2.64. The summed E-state index contributed by atoms with van der Waals surface area (Å²) >= 11 is 0. The molecular formula is C14H15N3O3. The number of likely N-dealkylation sites (tertiary alicyclic amines) is 1. The van der Waals surface area contributed by atoms with Gasteiger partial charge in [0, 0.05) is 31.3 Å². The van der Waals surface area contributed by atoms with Crippen LogP contribution in [0.5, 0.6) is 5.88 Å². The van der Waals surface area contributed by atoms with Crippen LogP contribution in [0.25, 0.3) is 0 Å². The second-order valence-electron chi connectivity index (χ2n) is 4.83. The van der Waals surface area contributed by atoms with Gasteiger partial charge in [-0.05, 0) is 12.5 Å². The fourth-order valence-electron chi connectivity index (χ4n) is 2.19. The SMILES string of the molecule is Cc1ccc(OC2CCN(C(=O)c3ccno3)C2)nc1. The van der Waals surface area contributed by atoms with Gasteiger partial charge in [-0.2, -0.15) is 0 Å². The van der Waals surface area contributed by atoms with E-state index in [2.05, 4.69) is 10.1 Å². The quantitative estimate of drug-likeness (QED) is 0.851. The van der Waals surface area contributed by atoms with Crippen molar-refractivity contribution in [3.63, 3.8) is 0 Å². The monoisotopic (exact) mass is 273 g/mol. The summed E-state index contributed by atoms with van der Waals surface area (Å²) in [5.41, 5.74) is 1.09. The maximum absolute atomic E-state index is 12.1. The van der Waals surface area contributed by atoms with Crippen LogP contribution in [0, 0.1) is 6.92 Å². The smallest absolute Gasteiger partial charge is 0.292 e. The molecule has 1 unspecified atom stereocenters. The van der Waals surface area contributed by atoms with Crippen LogP contribution in [0.3, 0.4) is 0 Å². The van der Waals surface area contributed by atoms with Crippen LogP contribution >= 0.6 is 0 Å². The molecule has 6 nitrogen and oxygen atoms in total. The summed E-state index contributed by atoms with van der Waals surface area (Å²) in [6, 6.07) is 5.36. The first-order valence-electron chi connectivity index (χ1n) is 6.51. The van der Waals surface area contributed by atoms with Crippen molar-refractivity contribution in [3.8, 4) is 5.88 Å². The van der Waals surface area contributed by atoms with Gasteiger partial charge in [0.1, 0.15) is 6.10 Å². The molecule has 2 aromatic heterocycles.